The van der Waals surface area contributed by atoms with Crippen LogP contribution in [0.1, 0.15) is 24.8 Å². The fourth-order valence-electron chi connectivity index (χ4n) is 1.79. The first-order valence-corrected chi connectivity index (χ1v) is 5.22. The number of aromatic nitrogens is 2. The normalized spacial score (nSPS) is 21.4. The summed E-state index contributed by atoms with van der Waals surface area (Å²) in [6.07, 6.45) is 12.3. The third-order valence-electron chi connectivity index (χ3n) is 2.58. The number of aryl methyl sites for hydroxylation is 1. The van der Waals surface area contributed by atoms with Gasteiger partial charge in [0.2, 0.25) is 0 Å². The predicted molar refractivity (Wildman–Crippen MR) is 56.8 cm³/mol. The molecule has 1 aliphatic carbocycles. The van der Waals surface area contributed by atoms with Gasteiger partial charge in [-0.05, 0) is 19.3 Å². The molecule has 1 atom stereocenters. The number of nitrogens with zero attached hydrogens (tertiary/aromatic N) is 2. The van der Waals surface area contributed by atoms with Crippen molar-refractivity contribution in [3.05, 3.63) is 30.1 Å². The van der Waals surface area contributed by atoms with Crippen molar-refractivity contribution in [3.63, 3.8) is 0 Å². The topological polar surface area (TPSA) is 29.9 Å². The second-order valence-corrected chi connectivity index (χ2v) is 3.87. The third-order valence-corrected chi connectivity index (χ3v) is 2.58. The Labute approximate surface area is 84.8 Å². The Bertz CT molecular complexity index is 314. The van der Waals surface area contributed by atoms with Gasteiger partial charge in [0.1, 0.15) is 0 Å². The molecule has 2 rings (SSSR count). The molecule has 1 aromatic rings. The molecule has 0 saturated carbocycles. The Balaban J connectivity index is 1.82. The molecule has 1 aliphatic rings. The summed E-state index contributed by atoms with van der Waals surface area (Å²) in [7, 11) is 1.95. The van der Waals surface area contributed by atoms with Crippen LogP contribution in [-0.2, 0) is 13.6 Å². The average molecular weight is 191 g/mol. The van der Waals surface area contributed by atoms with E-state index in [1.807, 2.05) is 17.9 Å². The molecule has 0 aliphatic heterocycles. The van der Waals surface area contributed by atoms with Gasteiger partial charge in [0.05, 0.1) is 6.20 Å². The lowest BCUT2D eigenvalue weighted by molar-refractivity contribution is 0.522. The number of nitrogens with one attached hydrogen (secondary N) is 1. The van der Waals surface area contributed by atoms with Crippen LogP contribution in [0.2, 0.25) is 0 Å². The lowest BCUT2D eigenvalue weighted by Crippen LogP contribution is -2.27. The molecule has 0 amide bonds. The zero-order valence-corrected chi connectivity index (χ0v) is 8.61. The van der Waals surface area contributed by atoms with Crippen molar-refractivity contribution in [1.82, 2.24) is 15.1 Å². The van der Waals surface area contributed by atoms with Crippen molar-refractivity contribution in [2.24, 2.45) is 7.05 Å². The number of allylic oxidation sites excluding steroid dienone is 1. The van der Waals surface area contributed by atoms with Crippen molar-refractivity contribution >= 4 is 0 Å². The minimum Gasteiger partial charge on any atom is -0.306 e. The summed E-state index contributed by atoms with van der Waals surface area (Å²) in [5.41, 5.74) is 1.26. The molecule has 1 N–H and O–H groups in total. The summed E-state index contributed by atoms with van der Waals surface area (Å²) < 4.78 is 1.84. The maximum atomic E-state index is 4.14. The highest BCUT2D eigenvalue weighted by atomic mass is 15.2. The number of hydrogen-bond acceptors (Lipinski definition) is 2. The van der Waals surface area contributed by atoms with Gasteiger partial charge in [0.25, 0.3) is 0 Å². The minimum absolute atomic E-state index is 0.559. The monoisotopic (exact) mass is 191 g/mol. The van der Waals surface area contributed by atoms with E-state index in [1.54, 1.807) is 0 Å². The van der Waals surface area contributed by atoms with Crippen LogP contribution in [0.3, 0.4) is 0 Å². The number of hydrogen-bond donors (Lipinski definition) is 1. The van der Waals surface area contributed by atoms with Gasteiger partial charge in [0, 0.05) is 31.4 Å². The van der Waals surface area contributed by atoms with E-state index in [2.05, 4.69) is 28.8 Å². The zero-order chi connectivity index (χ0) is 9.80. The molecule has 3 nitrogen and oxygen atoms in total. The lowest BCUT2D eigenvalue weighted by Gasteiger charge is -2.17. The molecule has 1 heterocycles. The van der Waals surface area contributed by atoms with Gasteiger partial charge >= 0.3 is 0 Å². The first kappa shape index (κ1) is 9.46. The first-order valence-electron chi connectivity index (χ1n) is 5.22. The smallest absolute Gasteiger partial charge is 0.0534 e. The van der Waals surface area contributed by atoms with E-state index in [-0.39, 0.29) is 0 Å². The van der Waals surface area contributed by atoms with Gasteiger partial charge in [-0.15, -0.1) is 0 Å². The van der Waals surface area contributed by atoms with Crippen molar-refractivity contribution in [3.8, 4) is 0 Å². The van der Waals surface area contributed by atoms with Gasteiger partial charge in [-0.25, -0.2) is 0 Å². The summed E-state index contributed by atoms with van der Waals surface area (Å²) in [4.78, 5) is 0. The third kappa shape index (κ3) is 2.45. The Hall–Kier alpha value is -1.09. The van der Waals surface area contributed by atoms with Crippen LogP contribution in [0, 0.1) is 0 Å². The van der Waals surface area contributed by atoms with Crippen LogP contribution >= 0.6 is 0 Å². The molecule has 0 fully saturated rings. The highest BCUT2D eigenvalue weighted by Gasteiger charge is 2.07. The summed E-state index contributed by atoms with van der Waals surface area (Å²) in [5.74, 6) is 0. The van der Waals surface area contributed by atoms with Crippen LogP contribution in [0.4, 0.5) is 0 Å². The highest BCUT2D eigenvalue weighted by Crippen LogP contribution is 2.10. The van der Waals surface area contributed by atoms with Crippen LogP contribution < -0.4 is 5.32 Å². The zero-order valence-electron chi connectivity index (χ0n) is 8.61. The van der Waals surface area contributed by atoms with E-state index >= 15 is 0 Å². The van der Waals surface area contributed by atoms with Gasteiger partial charge in [-0.2, -0.15) is 5.10 Å². The van der Waals surface area contributed by atoms with E-state index in [4.69, 9.17) is 0 Å². The summed E-state index contributed by atoms with van der Waals surface area (Å²) in [6, 6.07) is 0.559. The molecular weight excluding hydrogens is 174 g/mol. The van der Waals surface area contributed by atoms with E-state index in [0.29, 0.717) is 6.04 Å². The molecule has 1 aromatic heterocycles. The van der Waals surface area contributed by atoms with Crippen molar-refractivity contribution in [2.45, 2.75) is 31.8 Å². The van der Waals surface area contributed by atoms with Crippen LogP contribution in [0.25, 0.3) is 0 Å². The number of rotatable bonds is 3. The molecule has 3 heteroatoms. The highest BCUT2D eigenvalue weighted by molar-refractivity contribution is 5.05. The fraction of sp³-hybridized carbons (Fsp3) is 0.545. The second kappa shape index (κ2) is 4.42. The van der Waals surface area contributed by atoms with Crippen LogP contribution in [0.15, 0.2) is 24.5 Å². The molecule has 1 unspecified atom stereocenters. The van der Waals surface area contributed by atoms with Crippen molar-refractivity contribution in [2.75, 3.05) is 0 Å². The summed E-state index contributed by atoms with van der Waals surface area (Å²) in [6.45, 7) is 0.919. The molecule has 0 bridgehead atoms. The Morgan fingerprint density at radius 2 is 2.57 bits per heavy atom. The molecule has 0 radical (unpaired) electrons. The molecule has 14 heavy (non-hydrogen) atoms. The Morgan fingerprint density at radius 3 is 3.21 bits per heavy atom. The molecule has 0 spiro atoms. The van der Waals surface area contributed by atoms with Crippen LogP contribution in [0.5, 0.6) is 0 Å². The maximum absolute atomic E-state index is 4.14. The SMILES string of the molecule is Cn1cc(CNC2C=CCCC2)cn1. The molecule has 76 valence electrons. The molecule has 0 saturated heterocycles. The van der Waals surface area contributed by atoms with Crippen molar-refractivity contribution < 1.29 is 0 Å². The second-order valence-electron chi connectivity index (χ2n) is 3.87. The average Bonchev–Trinajstić information content (AvgIpc) is 2.63. The lowest BCUT2D eigenvalue weighted by atomic mass is 10.0. The van der Waals surface area contributed by atoms with Gasteiger partial charge in [0.15, 0.2) is 0 Å². The largest absolute Gasteiger partial charge is 0.306 e. The van der Waals surface area contributed by atoms with Crippen LogP contribution in [-0.4, -0.2) is 15.8 Å². The van der Waals surface area contributed by atoms with Crippen molar-refractivity contribution in [1.29, 1.82) is 0 Å². The Morgan fingerprint density at radius 1 is 1.64 bits per heavy atom. The van der Waals surface area contributed by atoms with E-state index < -0.39 is 0 Å². The van der Waals surface area contributed by atoms with E-state index in [0.717, 1.165) is 6.54 Å². The minimum atomic E-state index is 0.559. The van der Waals surface area contributed by atoms with E-state index in [9.17, 15) is 0 Å². The molecule has 0 aromatic carbocycles. The van der Waals surface area contributed by atoms with E-state index in [1.165, 1.54) is 24.8 Å². The molecular formula is C11H17N3. The van der Waals surface area contributed by atoms with Gasteiger partial charge in [-0.1, -0.05) is 12.2 Å². The standard InChI is InChI=1S/C11H17N3/c1-14-9-10(8-13-14)7-12-11-5-3-2-4-6-11/h3,5,8-9,11-12H,2,4,6-7H2,1H3. The summed E-state index contributed by atoms with van der Waals surface area (Å²) in [5, 5.41) is 7.65. The Kier molecular flexibility index (Phi) is 2.99. The predicted octanol–water partition coefficient (Wildman–Crippen LogP) is 1.62. The maximum Gasteiger partial charge on any atom is 0.0534 e. The first-order chi connectivity index (χ1) is 6.84. The van der Waals surface area contributed by atoms with Gasteiger partial charge < -0.3 is 5.32 Å². The summed E-state index contributed by atoms with van der Waals surface area (Å²) >= 11 is 0. The van der Waals surface area contributed by atoms with Gasteiger partial charge in [-0.3, -0.25) is 4.68 Å². The quantitative estimate of drug-likeness (QED) is 0.736. The fourth-order valence-corrected chi connectivity index (χ4v) is 1.79.